The number of aliphatic hydroxyl groups is 1. The van der Waals surface area contributed by atoms with Crippen molar-refractivity contribution in [1.29, 1.82) is 5.26 Å². The van der Waals surface area contributed by atoms with Crippen molar-refractivity contribution in [2.75, 3.05) is 20.8 Å². The second-order valence-corrected chi connectivity index (χ2v) is 6.09. The van der Waals surface area contributed by atoms with Gasteiger partial charge in [0.15, 0.2) is 23.1 Å². The molecule has 0 saturated heterocycles. The summed E-state index contributed by atoms with van der Waals surface area (Å²) >= 11 is 0. The Morgan fingerprint density at radius 3 is 2.67 bits per heavy atom. The molecule has 0 unspecified atom stereocenters. The number of ether oxygens (including phenoxy) is 3. The number of fused-ring (bicyclic) bond motifs is 1. The third kappa shape index (κ3) is 4.59. The second-order valence-electron chi connectivity index (χ2n) is 6.09. The summed E-state index contributed by atoms with van der Waals surface area (Å²) in [6.07, 6.45) is 2.75. The van der Waals surface area contributed by atoms with E-state index in [0.717, 1.165) is 5.52 Å². The Hall–Kier alpha value is -4.25. The van der Waals surface area contributed by atoms with Gasteiger partial charge in [0, 0.05) is 6.08 Å². The lowest BCUT2D eigenvalue weighted by Gasteiger charge is -2.07. The third-order valence-corrected chi connectivity index (χ3v) is 4.20. The van der Waals surface area contributed by atoms with E-state index < -0.39 is 18.3 Å². The van der Waals surface area contributed by atoms with E-state index >= 15 is 0 Å². The first kappa shape index (κ1) is 20.5. The van der Waals surface area contributed by atoms with Crippen LogP contribution in [0, 0.1) is 11.3 Å². The van der Waals surface area contributed by atoms with Crippen LogP contribution in [-0.4, -0.2) is 41.9 Å². The number of nitriles is 1. The largest absolute Gasteiger partial charge is 0.507 e. The van der Waals surface area contributed by atoms with Crippen molar-refractivity contribution in [3.63, 3.8) is 0 Å². The Balaban J connectivity index is 1.68. The van der Waals surface area contributed by atoms with E-state index in [-0.39, 0.29) is 11.4 Å². The molecule has 2 aromatic carbocycles. The van der Waals surface area contributed by atoms with E-state index in [1.807, 2.05) is 18.2 Å². The van der Waals surface area contributed by atoms with Gasteiger partial charge in [0.25, 0.3) is 0 Å². The fraction of sp³-hybridized carbons (Fsp3) is 0.136. The summed E-state index contributed by atoms with van der Waals surface area (Å²) < 4.78 is 15.4. The van der Waals surface area contributed by atoms with Gasteiger partial charge in [0.05, 0.1) is 25.3 Å². The Labute approximate surface area is 172 Å². The predicted octanol–water partition coefficient (Wildman–Crippen LogP) is 3.63. The van der Waals surface area contributed by atoms with Gasteiger partial charge in [0.2, 0.25) is 0 Å². The van der Waals surface area contributed by atoms with Gasteiger partial charge in [-0.25, -0.2) is 9.78 Å². The van der Waals surface area contributed by atoms with Crippen molar-refractivity contribution in [3.8, 4) is 17.6 Å². The molecule has 1 heterocycles. The van der Waals surface area contributed by atoms with E-state index in [0.29, 0.717) is 22.6 Å². The molecule has 8 nitrogen and oxygen atoms in total. The molecule has 152 valence electrons. The zero-order valence-corrected chi connectivity index (χ0v) is 16.4. The Morgan fingerprint density at radius 2 is 1.97 bits per heavy atom. The first-order chi connectivity index (χ1) is 14.5. The highest BCUT2D eigenvalue weighted by Gasteiger charge is 2.14. The van der Waals surface area contributed by atoms with Crippen LogP contribution >= 0.6 is 0 Å². The maximum atomic E-state index is 12.0. The second kappa shape index (κ2) is 9.30. The maximum Gasteiger partial charge on any atom is 0.331 e. The van der Waals surface area contributed by atoms with Gasteiger partial charge in [-0.15, -0.1) is 0 Å². The predicted molar refractivity (Wildman–Crippen MR) is 111 cm³/mol. The minimum atomic E-state index is -0.682. The maximum absolute atomic E-state index is 12.0. The molecule has 0 spiro atoms. The van der Waals surface area contributed by atoms with Crippen LogP contribution in [0.15, 0.2) is 54.3 Å². The lowest BCUT2D eigenvalue weighted by Crippen LogP contribution is -2.06. The van der Waals surface area contributed by atoms with Crippen molar-refractivity contribution in [1.82, 2.24) is 9.97 Å². The lowest BCUT2D eigenvalue weighted by molar-refractivity contribution is -0.137. The molecular formula is C22H19N3O5. The fourth-order valence-corrected chi connectivity index (χ4v) is 2.71. The Kier molecular flexibility index (Phi) is 6.35. The normalized spacial score (nSPS) is 11.8. The SMILES string of the molecule is COc1ccc(C=CC(=O)OC/C(O)=C(\C#N)c2nc3ccccc3[nH]2)cc1OC. The van der Waals surface area contributed by atoms with Crippen LogP contribution in [0.4, 0.5) is 0 Å². The summed E-state index contributed by atoms with van der Waals surface area (Å²) in [6.45, 7) is -0.463. The first-order valence-electron chi connectivity index (χ1n) is 8.90. The Morgan fingerprint density at radius 1 is 1.20 bits per heavy atom. The number of esters is 1. The summed E-state index contributed by atoms with van der Waals surface area (Å²) in [5.74, 6) is 0.218. The molecule has 0 fully saturated rings. The summed E-state index contributed by atoms with van der Waals surface area (Å²) in [6, 6.07) is 14.3. The van der Waals surface area contributed by atoms with Crippen molar-refractivity contribution in [2.24, 2.45) is 0 Å². The third-order valence-electron chi connectivity index (χ3n) is 4.20. The molecule has 0 saturated carbocycles. The molecule has 0 atom stereocenters. The fourth-order valence-electron chi connectivity index (χ4n) is 2.71. The lowest BCUT2D eigenvalue weighted by atomic mass is 10.2. The summed E-state index contributed by atoms with van der Waals surface area (Å²) in [5.41, 5.74) is 1.98. The van der Waals surface area contributed by atoms with Gasteiger partial charge in [-0.3, -0.25) is 0 Å². The number of imidazole rings is 1. The number of rotatable bonds is 7. The number of benzene rings is 2. The van der Waals surface area contributed by atoms with Gasteiger partial charge >= 0.3 is 5.97 Å². The Bertz CT molecular complexity index is 1140. The average molecular weight is 405 g/mol. The first-order valence-corrected chi connectivity index (χ1v) is 8.90. The number of methoxy groups -OCH3 is 2. The monoisotopic (exact) mass is 405 g/mol. The zero-order chi connectivity index (χ0) is 21.5. The number of carbonyl (C=O) groups excluding carboxylic acids is 1. The summed E-state index contributed by atoms with van der Waals surface area (Å²) in [7, 11) is 3.05. The molecule has 0 amide bonds. The van der Waals surface area contributed by atoms with E-state index in [2.05, 4.69) is 9.97 Å². The number of aliphatic hydroxyl groups excluding tert-OH is 1. The number of nitrogens with zero attached hydrogens (tertiary/aromatic N) is 2. The van der Waals surface area contributed by atoms with E-state index in [4.69, 9.17) is 14.2 Å². The average Bonchev–Trinajstić information content (AvgIpc) is 3.20. The number of hydrogen-bond donors (Lipinski definition) is 2. The molecule has 3 rings (SSSR count). The van der Waals surface area contributed by atoms with Crippen LogP contribution in [0.5, 0.6) is 11.5 Å². The molecule has 0 aliphatic rings. The molecule has 8 heteroatoms. The molecule has 2 N–H and O–H groups in total. The topological polar surface area (TPSA) is 117 Å². The number of nitrogens with one attached hydrogen (secondary N) is 1. The highest BCUT2D eigenvalue weighted by Crippen LogP contribution is 2.28. The van der Waals surface area contributed by atoms with E-state index in [1.165, 1.54) is 26.4 Å². The standard InChI is InChI=1S/C22H19N3O5/c1-28-19-9-7-14(11-20(19)29-2)8-10-21(27)30-13-18(26)15(12-23)22-24-16-5-3-4-6-17(16)25-22/h3-11,26H,13H2,1-2H3,(H,24,25)/b10-8?,18-15-. The summed E-state index contributed by atoms with van der Waals surface area (Å²) in [5, 5.41) is 19.6. The molecular weight excluding hydrogens is 386 g/mol. The van der Waals surface area contributed by atoms with Crippen molar-refractivity contribution < 1.29 is 24.1 Å². The van der Waals surface area contributed by atoms with Gasteiger partial charge < -0.3 is 24.3 Å². The van der Waals surface area contributed by atoms with E-state index in [1.54, 1.807) is 30.3 Å². The van der Waals surface area contributed by atoms with Gasteiger partial charge in [-0.2, -0.15) is 5.26 Å². The molecule has 30 heavy (non-hydrogen) atoms. The number of aromatic amines is 1. The smallest absolute Gasteiger partial charge is 0.331 e. The zero-order valence-electron chi connectivity index (χ0n) is 16.4. The number of aromatic nitrogens is 2. The number of hydrogen-bond acceptors (Lipinski definition) is 7. The number of allylic oxidation sites excluding steroid dienone is 1. The van der Waals surface area contributed by atoms with Gasteiger partial charge in [-0.1, -0.05) is 18.2 Å². The van der Waals surface area contributed by atoms with E-state index in [9.17, 15) is 15.2 Å². The van der Waals surface area contributed by atoms with Crippen LogP contribution < -0.4 is 9.47 Å². The van der Waals surface area contributed by atoms with Crippen LogP contribution in [0.2, 0.25) is 0 Å². The van der Waals surface area contributed by atoms with Crippen LogP contribution in [0.1, 0.15) is 11.4 Å². The molecule has 0 aliphatic heterocycles. The van der Waals surface area contributed by atoms with Gasteiger partial charge in [0.1, 0.15) is 18.2 Å². The molecule has 0 aliphatic carbocycles. The minimum absolute atomic E-state index is 0.0946. The van der Waals surface area contributed by atoms with Gasteiger partial charge in [-0.05, 0) is 35.9 Å². The van der Waals surface area contributed by atoms with Crippen LogP contribution in [-0.2, 0) is 9.53 Å². The van der Waals surface area contributed by atoms with Crippen molar-refractivity contribution in [3.05, 3.63) is 65.7 Å². The van der Waals surface area contributed by atoms with Crippen molar-refractivity contribution in [2.45, 2.75) is 0 Å². The molecule has 3 aromatic rings. The highest BCUT2D eigenvalue weighted by atomic mass is 16.5. The number of carbonyl (C=O) groups is 1. The minimum Gasteiger partial charge on any atom is -0.507 e. The molecule has 1 aromatic heterocycles. The molecule has 0 bridgehead atoms. The van der Waals surface area contributed by atoms with Crippen LogP contribution in [0.25, 0.3) is 22.7 Å². The number of para-hydroxylation sites is 2. The van der Waals surface area contributed by atoms with Crippen molar-refractivity contribution >= 4 is 28.7 Å². The number of H-pyrrole nitrogens is 1. The summed E-state index contributed by atoms with van der Waals surface area (Å²) in [4.78, 5) is 19.2. The molecule has 0 radical (unpaired) electrons. The van der Waals surface area contributed by atoms with Crippen LogP contribution in [0.3, 0.4) is 0 Å². The quantitative estimate of drug-likeness (QED) is 0.267. The highest BCUT2D eigenvalue weighted by molar-refractivity contribution is 5.87.